The van der Waals surface area contributed by atoms with Gasteiger partial charge in [0.1, 0.15) is 0 Å². The van der Waals surface area contributed by atoms with Gasteiger partial charge in [0.25, 0.3) is 0 Å². The predicted octanol–water partition coefficient (Wildman–Crippen LogP) is 1.54. The molecule has 1 aliphatic rings. The van der Waals surface area contributed by atoms with Gasteiger partial charge in [-0.25, -0.2) is 0 Å². The highest BCUT2D eigenvalue weighted by molar-refractivity contribution is 5.84. The predicted molar refractivity (Wildman–Crippen MR) is 71.6 cm³/mol. The summed E-state index contributed by atoms with van der Waals surface area (Å²) in [5.74, 6) is -2.16. The van der Waals surface area contributed by atoms with E-state index in [0.717, 1.165) is 19.3 Å². The molecular weight excluding hydrogens is 246 g/mol. The van der Waals surface area contributed by atoms with Gasteiger partial charge in [0, 0.05) is 6.54 Å². The molecule has 1 amide bonds. The van der Waals surface area contributed by atoms with Crippen molar-refractivity contribution in [3.8, 4) is 0 Å². The molecule has 1 saturated carbocycles. The Hall–Kier alpha value is -1.10. The zero-order valence-electron chi connectivity index (χ0n) is 11.8. The Morgan fingerprint density at radius 1 is 1.26 bits per heavy atom. The number of carbonyl (C=O) groups excluding carboxylic acids is 1. The lowest BCUT2D eigenvalue weighted by atomic mass is 9.78. The maximum atomic E-state index is 12.1. The SMILES string of the molecule is CCCC(C)(O)CNC(=O)[C@@H]1CCCC[C@@H]1C(=O)O. The molecule has 0 bridgehead atoms. The lowest BCUT2D eigenvalue weighted by Gasteiger charge is -2.29. The summed E-state index contributed by atoms with van der Waals surface area (Å²) in [6.07, 6.45) is 4.41. The van der Waals surface area contributed by atoms with Crippen LogP contribution in [0.4, 0.5) is 0 Å². The van der Waals surface area contributed by atoms with E-state index < -0.39 is 23.4 Å². The number of carboxylic acids is 1. The van der Waals surface area contributed by atoms with E-state index in [4.69, 9.17) is 5.11 Å². The van der Waals surface area contributed by atoms with E-state index in [1.807, 2.05) is 6.92 Å². The molecule has 0 saturated heterocycles. The van der Waals surface area contributed by atoms with Crippen LogP contribution in [0.25, 0.3) is 0 Å². The van der Waals surface area contributed by atoms with Crippen molar-refractivity contribution >= 4 is 11.9 Å². The minimum atomic E-state index is -0.919. The average Bonchev–Trinajstić information content (AvgIpc) is 2.36. The number of hydrogen-bond acceptors (Lipinski definition) is 3. The van der Waals surface area contributed by atoms with Gasteiger partial charge in [-0.2, -0.15) is 0 Å². The second-order valence-electron chi connectivity index (χ2n) is 5.80. The Morgan fingerprint density at radius 3 is 2.37 bits per heavy atom. The Labute approximate surface area is 114 Å². The van der Waals surface area contributed by atoms with Gasteiger partial charge in [-0.15, -0.1) is 0 Å². The number of amides is 1. The first-order chi connectivity index (χ1) is 8.87. The lowest BCUT2D eigenvalue weighted by Crippen LogP contribution is -2.45. The van der Waals surface area contributed by atoms with Gasteiger partial charge in [0.15, 0.2) is 0 Å². The molecule has 5 heteroatoms. The number of carboxylic acid groups (broad SMARTS) is 1. The van der Waals surface area contributed by atoms with Crippen molar-refractivity contribution in [2.24, 2.45) is 11.8 Å². The molecule has 0 aromatic heterocycles. The van der Waals surface area contributed by atoms with Gasteiger partial charge in [-0.1, -0.05) is 26.2 Å². The molecule has 0 aliphatic heterocycles. The fraction of sp³-hybridized carbons (Fsp3) is 0.857. The van der Waals surface area contributed by atoms with E-state index in [0.29, 0.717) is 19.3 Å². The van der Waals surface area contributed by atoms with Crippen LogP contribution in [-0.4, -0.2) is 34.2 Å². The van der Waals surface area contributed by atoms with Gasteiger partial charge in [-0.05, 0) is 26.2 Å². The number of hydrogen-bond donors (Lipinski definition) is 3. The molecule has 19 heavy (non-hydrogen) atoms. The molecule has 0 radical (unpaired) electrons. The van der Waals surface area contributed by atoms with Crippen molar-refractivity contribution < 1.29 is 19.8 Å². The van der Waals surface area contributed by atoms with E-state index in [2.05, 4.69) is 5.32 Å². The van der Waals surface area contributed by atoms with Crippen LogP contribution in [0.5, 0.6) is 0 Å². The van der Waals surface area contributed by atoms with Gasteiger partial charge in [0.2, 0.25) is 5.91 Å². The van der Waals surface area contributed by atoms with Gasteiger partial charge in [-0.3, -0.25) is 9.59 Å². The maximum absolute atomic E-state index is 12.1. The van der Waals surface area contributed by atoms with Crippen LogP contribution >= 0.6 is 0 Å². The second-order valence-corrected chi connectivity index (χ2v) is 5.80. The van der Waals surface area contributed by atoms with Crippen LogP contribution in [0.3, 0.4) is 0 Å². The minimum Gasteiger partial charge on any atom is -0.481 e. The average molecular weight is 271 g/mol. The van der Waals surface area contributed by atoms with Crippen LogP contribution < -0.4 is 5.32 Å². The zero-order valence-corrected chi connectivity index (χ0v) is 11.8. The molecule has 3 N–H and O–H groups in total. The van der Waals surface area contributed by atoms with Gasteiger partial charge >= 0.3 is 5.97 Å². The number of nitrogens with one attached hydrogen (secondary N) is 1. The highest BCUT2D eigenvalue weighted by Gasteiger charge is 2.36. The fourth-order valence-electron chi connectivity index (χ4n) is 2.78. The topological polar surface area (TPSA) is 86.6 Å². The zero-order chi connectivity index (χ0) is 14.5. The first kappa shape index (κ1) is 16.0. The first-order valence-corrected chi connectivity index (χ1v) is 7.10. The van der Waals surface area contributed by atoms with E-state index >= 15 is 0 Å². The summed E-state index contributed by atoms with van der Waals surface area (Å²) in [5, 5.41) is 21.9. The number of carbonyl (C=O) groups is 2. The number of aliphatic carboxylic acids is 1. The molecule has 1 unspecified atom stereocenters. The molecule has 0 aromatic rings. The third-order valence-electron chi connectivity index (χ3n) is 3.85. The summed E-state index contributed by atoms with van der Waals surface area (Å²) in [6.45, 7) is 3.84. The number of aliphatic hydroxyl groups is 1. The first-order valence-electron chi connectivity index (χ1n) is 7.10. The molecule has 1 fully saturated rings. The highest BCUT2D eigenvalue weighted by Crippen LogP contribution is 2.30. The van der Waals surface area contributed by atoms with E-state index in [9.17, 15) is 14.7 Å². The van der Waals surface area contributed by atoms with Gasteiger partial charge < -0.3 is 15.5 Å². The summed E-state index contributed by atoms with van der Waals surface area (Å²) in [6, 6.07) is 0. The molecule has 110 valence electrons. The summed E-state index contributed by atoms with van der Waals surface area (Å²) in [7, 11) is 0. The second kappa shape index (κ2) is 6.89. The largest absolute Gasteiger partial charge is 0.481 e. The van der Waals surface area contributed by atoms with Crippen LogP contribution in [0.1, 0.15) is 52.4 Å². The van der Waals surface area contributed by atoms with Crippen molar-refractivity contribution in [1.82, 2.24) is 5.32 Å². The highest BCUT2D eigenvalue weighted by atomic mass is 16.4. The number of rotatable bonds is 6. The maximum Gasteiger partial charge on any atom is 0.307 e. The molecule has 5 nitrogen and oxygen atoms in total. The van der Waals surface area contributed by atoms with Crippen LogP contribution in [0, 0.1) is 11.8 Å². The summed E-state index contributed by atoms with van der Waals surface area (Å²) >= 11 is 0. The molecular formula is C14H25NO4. The Balaban J connectivity index is 2.54. The van der Waals surface area contributed by atoms with Crippen molar-refractivity contribution in [1.29, 1.82) is 0 Å². The van der Waals surface area contributed by atoms with Crippen molar-refractivity contribution in [2.75, 3.05) is 6.54 Å². The van der Waals surface area contributed by atoms with Crippen LogP contribution in [0.2, 0.25) is 0 Å². The Kier molecular flexibility index (Phi) is 5.79. The van der Waals surface area contributed by atoms with Crippen LogP contribution in [-0.2, 0) is 9.59 Å². The van der Waals surface area contributed by atoms with Crippen molar-refractivity contribution in [3.63, 3.8) is 0 Å². The molecule has 1 aliphatic carbocycles. The van der Waals surface area contributed by atoms with Gasteiger partial charge in [0.05, 0.1) is 17.4 Å². The normalized spacial score (nSPS) is 26.5. The standard InChI is InChI=1S/C14H25NO4/c1-3-8-14(2,19)9-15-12(16)10-6-4-5-7-11(10)13(17)18/h10-11,19H,3-9H2,1-2H3,(H,15,16)(H,17,18)/t10-,11+,14?/m1/s1. The molecule has 0 aromatic carbocycles. The Bertz CT molecular complexity index is 327. The minimum absolute atomic E-state index is 0.183. The van der Waals surface area contributed by atoms with Crippen molar-refractivity contribution in [3.05, 3.63) is 0 Å². The third-order valence-corrected chi connectivity index (χ3v) is 3.85. The lowest BCUT2D eigenvalue weighted by molar-refractivity contribution is -0.149. The summed E-state index contributed by atoms with van der Waals surface area (Å²) in [4.78, 5) is 23.2. The summed E-state index contributed by atoms with van der Waals surface area (Å²) in [5.41, 5.74) is -0.919. The Morgan fingerprint density at radius 2 is 1.84 bits per heavy atom. The third kappa shape index (κ3) is 4.82. The smallest absolute Gasteiger partial charge is 0.307 e. The van der Waals surface area contributed by atoms with E-state index in [1.54, 1.807) is 6.92 Å². The molecule has 1 rings (SSSR count). The van der Waals surface area contributed by atoms with E-state index in [-0.39, 0.29) is 12.5 Å². The van der Waals surface area contributed by atoms with Crippen LogP contribution in [0.15, 0.2) is 0 Å². The molecule has 0 spiro atoms. The molecule has 0 heterocycles. The quantitative estimate of drug-likeness (QED) is 0.684. The fourth-order valence-corrected chi connectivity index (χ4v) is 2.78. The van der Waals surface area contributed by atoms with Crippen molar-refractivity contribution in [2.45, 2.75) is 58.0 Å². The monoisotopic (exact) mass is 271 g/mol. The molecule has 3 atom stereocenters. The van der Waals surface area contributed by atoms with E-state index in [1.165, 1.54) is 0 Å². The summed E-state index contributed by atoms with van der Waals surface area (Å²) < 4.78 is 0.